The molecule has 0 aromatic carbocycles. The predicted molar refractivity (Wildman–Crippen MR) is 27.8 cm³/mol. The molecule has 11 heteroatoms. The second kappa shape index (κ2) is 7.66. The van der Waals surface area contributed by atoms with Crippen molar-refractivity contribution in [2.45, 2.75) is 0 Å². The summed E-state index contributed by atoms with van der Waals surface area (Å²) in [6.45, 7) is 0. The number of hydrogen-bond acceptors (Lipinski definition) is 7. The molecule has 0 aliphatic carbocycles. The van der Waals surface area contributed by atoms with Gasteiger partial charge in [0, 0.05) is 0 Å². The van der Waals surface area contributed by atoms with Crippen molar-refractivity contribution in [3.63, 3.8) is 0 Å². The van der Waals surface area contributed by atoms with E-state index in [1.807, 2.05) is 0 Å². The Labute approximate surface area is 143 Å². The standard InChI is InChI=1S/2Ba.H4O7P2/c;;1-8(2,3)7-9(4,5)6/h;;(H2,1,2,3)(H2,4,5,6)/q2*+2;/p-4. The van der Waals surface area contributed by atoms with Crippen molar-refractivity contribution in [2.24, 2.45) is 0 Å². The molecule has 0 aliphatic heterocycles. The molecule has 0 saturated carbocycles. The van der Waals surface area contributed by atoms with Crippen molar-refractivity contribution in [2.75, 3.05) is 0 Å². The summed E-state index contributed by atoms with van der Waals surface area (Å²) in [4.78, 5) is 37.3. The molecular weight excluding hydrogens is 449 g/mol. The van der Waals surface area contributed by atoms with E-state index < -0.39 is 15.6 Å². The van der Waals surface area contributed by atoms with E-state index in [4.69, 9.17) is 0 Å². The fourth-order valence-corrected chi connectivity index (χ4v) is 1.10. The first-order valence-corrected chi connectivity index (χ1v) is 4.38. The molecule has 11 heavy (non-hydrogen) atoms. The third kappa shape index (κ3) is 19.7. The van der Waals surface area contributed by atoms with Gasteiger partial charge in [-0.1, -0.05) is 0 Å². The summed E-state index contributed by atoms with van der Waals surface area (Å²) in [7, 11) is -11.4. The van der Waals surface area contributed by atoms with Gasteiger partial charge in [-0.15, -0.1) is 0 Å². The third-order valence-corrected chi connectivity index (χ3v) is 1.80. The predicted octanol–water partition coefficient (Wildman–Crippen LogP) is -4.10. The zero-order chi connectivity index (χ0) is 7.71. The molecule has 0 spiro atoms. The normalized spacial score (nSPS) is 11.3. The molecule has 0 fully saturated rings. The second-order valence-corrected chi connectivity index (χ2v) is 3.42. The van der Waals surface area contributed by atoms with Crippen LogP contribution in [0.15, 0.2) is 0 Å². The Morgan fingerprint density at radius 1 is 0.818 bits per heavy atom. The summed E-state index contributed by atoms with van der Waals surface area (Å²) in [6.07, 6.45) is 0. The Morgan fingerprint density at radius 3 is 1.00 bits per heavy atom. The first-order valence-electron chi connectivity index (χ1n) is 1.46. The van der Waals surface area contributed by atoms with Gasteiger partial charge in [-0.25, -0.2) is 0 Å². The van der Waals surface area contributed by atoms with Gasteiger partial charge in [0.2, 0.25) is 0 Å². The Hall–Kier alpha value is 3.40. The molecule has 0 N–H and O–H groups in total. The minimum atomic E-state index is -5.68. The van der Waals surface area contributed by atoms with Crippen LogP contribution in [0.5, 0.6) is 0 Å². The van der Waals surface area contributed by atoms with Crippen LogP contribution in [0, 0.1) is 0 Å². The van der Waals surface area contributed by atoms with Crippen LogP contribution < -0.4 is 19.6 Å². The summed E-state index contributed by atoms with van der Waals surface area (Å²) in [5.41, 5.74) is 0. The first kappa shape index (κ1) is 19.9. The second-order valence-electron chi connectivity index (χ2n) is 0.976. The molecule has 0 amide bonds. The van der Waals surface area contributed by atoms with Crippen LogP contribution in [0.4, 0.5) is 0 Å². The third-order valence-electron chi connectivity index (χ3n) is 0.200. The SMILES string of the molecule is O=P([O-])([O-])OP(=O)([O-])[O-].[Ba+2].[Ba+2]. The van der Waals surface area contributed by atoms with E-state index in [-0.39, 0.29) is 97.8 Å². The number of phosphoric acid groups is 2. The smallest absolute Gasteiger partial charge is 0.790 e. The molecule has 0 aromatic rings. The quantitative estimate of drug-likeness (QED) is 0.309. The van der Waals surface area contributed by atoms with Crippen LogP contribution in [-0.2, 0) is 13.4 Å². The van der Waals surface area contributed by atoms with Gasteiger partial charge < -0.3 is 33.0 Å². The Morgan fingerprint density at radius 2 is 1.00 bits per heavy atom. The zero-order valence-corrected chi connectivity index (χ0v) is 15.8. The maximum absolute atomic E-state index is 9.32. The summed E-state index contributed by atoms with van der Waals surface area (Å²) in [5, 5.41) is 0. The molecule has 0 aromatic heterocycles. The maximum Gasteiger partial charge on any atom is 2.00 e. The van der Waals surface area contributed by atoms with E-state index in [9.17, 15) is 28.7 Å². The largest absolute Gasteiger partial charge is 2.00 e. The first-order chi connectivity index (χ1) is 3.71. The fraction of sp³-hybridized carbons (Fsp3) is 0. The van der Waals surface area contributed by atoms with E-state index >= 15 is 0 Å². The molecule has 7 nitrogen and oxygen atoms in total. The van der Waals surface area contributed by atoms with E-state index in [2.05, 4.69) is 4.31 Å². The molecule has 56 valence electrons. The minimum absolute atomic E-state index is 0. The molecule has 0 saturated heterocycles. The molecule has 0 unspecified atom stereocenters. The molecule has 0 rings (SSSR count). The average Bonchev–Trinajstić information content (AvgIpc) is 1.14. The molecule has 0 atom stereocenters. The minimum Gasteiger partial charge on any atom is -0.790 e. The van der Waals surface area contributed by atoms with Gasteiger partial charge in [-0.05, 0) is 0 Å². The zero-order valence-electron chi connectivity index (χ0n) is 5.17. The van der Waals surface area contributed by atoms with Crippen LogP contribution in [-0.4, -0.2) is 97.8 Å². The monoisotopic (exact) mass is 450 g/mol. The topological polar surface area (TPSA) is 136 Å². The van der Waals surface area contributed by atoms with Crippen LogP contribution in [0.2, 0.25) is 0 Å². The van der Waals surface area contributed by atoms with Crippen LogP contribution >= 0.6 is 15.6 Å². The van der Waals surface area contributed by atoms with Gasteiger partial charge in [0.05, 0.1) is 15.6 Å². The van der Waals surface area contributed by atoms with Crippen molar-refractivity contribution in [1.29, 1.82) is 0 Å². The average molecular weight is 449 g/mol. The molecule has 0 aliphatic rings. The maximum atomic E-state index is 9.32. The molecule has 0 bridgehead atoms. The van der Waals surface area contributed by atoms with Gasteiger partial charge in [0.15, 0.2) is 0 Å². The van der Waals surface area contributed by atoms with Gasteiger partial charge in [0.25, 0.3) is 0 Å². The molecule has 0 heterocycles. The van der Waals surface area contributed by atoms with E-state index in [0.29, 0.717) is 0 Å². The van der Waals surface area contributed by atoms with Crippen molar-refractivity contribution in [1.82, 2.24) is 0 Å². The van der Waals surface area contributed by atoms with Crippen molar-refractivity contribution < 1.29 is 33.0 Å². The summed E-state index contributed by atoms with van der Waals surface area (Å²) >= 11 is 0. The van der Waals surface area contributed by atoms with Gasteiger partial charge in [-0.3, -0.25) is 0 Å². The van der Waals surface area contributed by atoms with Gasteiger partial charge in [0.1, 0.15) is 0 Å². The fourth-order valence-electron chi connectivity index (χ4n) is 0.122. The molecular formula is Ba2O7P2. The van der Waals surface area contributed by atoms with E-state index in [1.54, 1.807) is 0 Å². The number of rotatable bonds is 2. The Bertz CT molecular complexity index is 155. The van der Waals surface area contributed by atoms with Crippen molar-refractivity contribution in [3.05, 3.63) is 0 Å². The van der Waals surface area contributed by atoms with Crippen molar-refractivity contribution >= 4 is 113 Å². The van der Waals surface area contributed by atoms with Gasteiger partial charge in [-0.2, -0.15) is 0 Å². The number of hydrogen-bond donors (Lipinski definition) is 0. The van der Waals surface area contributed by atoms with E-state index in [0.717, 1.165) is 0 Å². The Kier molecular flexibility index (Phi) is 13.9. The Balaban J connectivity index is -0.000000320. The van der Waals surface area contributed by atoms with Crippen molar-refractivity contribution in [3.8, 4) is 0 Å². The summed E-state index contributed by atoms with van der Waals surface area (Å²) in [5.74, 6) is 0. The molecule has 0 radical (unpaired) electrons. The summed E-state index contributed by atoms with van der Waals surface area (Å²) < 4.78 is 21.2. The van der Waals surface area contributed by atoms with Gasteiger partial charge >= 0.3 is 97.8 Å². The summed E-state index contributed by atoms with van der Waals surface area (Å²) in [6, 6.07) is 0. The van der Waals surface area contributed by atoms with E-state index in [1.165, 1.54) is 0 Å². The van der Waals surface area contributed by atoms with Crippen LogP contribution in [0.3, 0.4) is 0 Å². The van der Waals surface area contributed by atoms with Crippen LogP contribution in [0.25, 0.3) is 0 Å². The van der Waals surface area contributed by atoms with Crippen LogP contribution in [0.1, 0.15) is 0 Å².